The van der Waals surface area contributed by atoms with Gasteiger partial charge in [0.05, 0.1) is 17.7 Å². The second kappa shape index (κ2) is 3.22. The van der Waals surface area contributed by atoms with Gasteiger partial charge in [-0.1, -0.05) is 5.92 Å². The summed E-state index contributed by atoms with van der Waals surface area (Å²) in [6, 6.07) is 0. The van der Waals surface area contributed by atoms with Crippen LogP contribution in [0.4, 0.5) is 0 Å². The van der Waals surface area contributed by atoms with Crippen molar-refractivity contribution in [1.29, 1.82) is 0 Å². The van der Waals surface area contributed by atoms with Crippen LogP contribution in [0.15, 0.2) is 6.20 Å². The zero-order valence-corrected chi connectivity index (χ0v) is 7.16. The van der Waals surface area contributed by atoms with E-state index >= 15 is 0 Å². The van der Waals surface area contributed by atoms with Gasteiger partial charge in [0.2, 0.25) is 0 Å². The summed E-state index contributed by atoms with van der Waals surface area (Å²) in [6.07, 6.45) is 6.86. The second-order valence-corrected chi connectivity index (χ2v) is 2.61. The zero-order valence-electron chi connectivity index (χ0n) is 7.16. The van der Waals surface area contributed by atoms with Crippen LogP contribution in [-0.2, 0) is 7.05 Å². The lowest BCUT2D eigenvalue weighted by Gasteiger charge is -1.90. The van der Waals surface area contributed by atoms with Gasteiger partial charge in [0.15, 0.2) is 5.78 Å². The number of nitrogens with zero attached hydrogens (tertiary/aromatic N) is 2. The highest BCUT2D eigenvalue weighted by molar-refractivity contribution is 5.98. The molecule has 3 heteroatoms. The minimum Gasteiger partial charge on any atom is -0.293 e. The normalized spacial score (nSPS) is 9.42. The average Bonchev–Trinajstić information content (AvgIpc) is 2.30. The second-order valence-electron chi connectivity index (χ2n) is 2.61. The number of Topliss-reactive ketones (excluding diaryl/α,β-unsaturated/α-hetero) is 1. The molecule has 1 rings (SSSR count). The Balaban J connectivity index is 2.96. The van der Waals surface area contributed by atoms with E-state index in [0.717, 1.165) is 5.69 Å². The molecule has 0 N–H and O–H groups in total. The molecule has 0 fully saturated rings. The minimum absolute atomic E-state index is 0.0388. The van der Waals surface area contributed by atoms with Crippen LogP contribution in [0.1, 0.15) is 22.5 Å². The standard InChI is InChI=1S/C9H10N2O/c1-4-5-9(12)8-6-11(3)10-7(8)2/h1,6H,5H2,2-3H3. The number of terminal acetylenes is 1. The molecule has 0 aliphatic carbocycles. The van der Waals surface area contributed by atoms with Crippen LogP contribution in [0.5, 0.6) is 0 Å². The Hall–Kier alpha value is -1.56. The first kappa shape index (κ1) is 8.54. The molecule has 0 aliphatic rings. The van der Waals surface area contributed by atoms with E-state index in [-0.39, 0.29) is 12.2 Å². The van der Waals surface area contributed by atoms with Crippen molar-refractivity contribution in [2.24, 2.45) is 7.05 Å². The summed E-state index contributed by atoms with van der Waals surface area (Å²) in [6.45, 7) is 1.80. The van der Waals surface area contributed by atoms with E-state index in [1.165, 1.54) is 0 Å². The maximum Gasteiger partial charge on any atom is 0.178 e. The van der Waals surface area contributed by atoms with E-state index in [1.807, 2.05) is 0 Å². The molecule has 3 nitrogen and oxygen atoms in total. The van der Waals surface area contributed by atoms with E-state index in [9.17, 15) is 4.79 Å². The molecule has 1 heterocycles. The predicted octanol–water partition coefficient (Wildman–Crippen LogP) is 0.935. The fourth-order valence-electron chi connectivity index (χ4n) is 1.06. The molecule has 0 unspecified atom stereocenters. The van der Waals surface area contributed by atoms with E-state index in [0.29, 0.717) is 5.56 Å². The third-order valence-corrected chi connectivity index (χ3v) is 1.58. The van der Waals surface area contributed by atoms with Crippen molar-refractivity contribution in [2.45, 2.75) is 13.3 Å². The van der Waals surface area contributed by atoms with Crippen LogP contribution >= 0.6 is 0 Å². The maximum absolute atomic E-state index is 11.3. The van der Waals surface area contributed by atoms with E-state index < -0.39 is 0 Å². The Labute approximate surface area is 71.4 Å². The Kier molecular flexibility index (Phi) is 2.29. The van der Waals surface area contributed by atoms with Gasteiger partial charge >= 0.3 is 0 Å². The van der Waals surface area contributed by atoms with E-state index in [2.05, 4.69) is 11.0 Å². The summed E-state index contributed by atoms with van der Waals surface area (Å²) in [4.78, 5) is 11.3. The average molecular weight is 162 g/mol. The van der Waals surface area contributed by atoms with Crippen LogP contribution in [0.25, 0.3) is 0 Å². The molecule has 0 radical (unpaired) electrons. The summed E-state index contributed by atoms with van der Waals surface area (Å²) in [7, 11) is 1.78. The zero-order chi connectivity index (χ0) is 9.14. The molecule has 1 aromatic heterocycles. The summed E-state index contributed by atoms with van der Waals surface area (Å²) >= 11 is 0. The number of aromatic nitrogens is 2. The van der Waals surface area contributed by atoms with Gasteiger partial charge in [-0.3, -0.25) is 9.48 Å². The maximum atomic E-state index is 11.3. The lowest BCUT2D eigenvalue weighted by atomic mass is 10.1. The molecular formula is C9H10N2O. The molecule has 1 aromatic rings. The van der Waals surface area contributed by atoms with E-state index in [4.69, 9.17) is 6.42 Å². The van der Waals surface area contributed by atoms with Gasteiger partial charge in [0.25, 0.3) is 0 Å². The minimum atomic E-state index is -0.0388. The third-order valence-electron chi connectivity index (χ3n) is 1.58. The molecule has 0 atom stereocenters. The molecule has 0 spiro atoms. The van der Waals surface area contributed by atoms with Gasteiger partial charge < -0.3 is 0 Å². The van der Waals surface area contributed by atoms with Crippen LogP contribution in [-0.4, -0.2) is 15.6 Å². The largest absolute Gasteiger partial charge is 0.293 e. The Morgan fingerprint density at radius 2 is 2.50 bits per heavy atom. The van der Waals surface area contributed by atoms with Gasteiger partial charge in [0.1, 0.15) is 0 Å². The fourth-order valence-corrected chi connectivity index (χ4v) is 1.06. The highest BCUT2D eigenvalue weighted by atomic mass is 16.1. The third kappa shape index (κ3) is 1.54. The van der Waals surface area contributed by atoms with Gasteiger partial charge in [0, 0.05) is 13.2 Å². The van der Waals surface area contributed by atoms with Crippen molar-refractivity contribution in [3.63, 3.8) is 0 Å². The topological polar surface area (TPSA) is 34.9 Å². The number of hydrogen-bond acceptors (Lipinski definition) is 2. The van der Waals surface area contributed by atoms with Crippen molar-refractivity contribution < 1.29 is 4.79 Å². The molecule has 62 valence electrons. The quantitative estimate of drug-likeness (QED) is 0.479. The summed E-state index contributed by atoms with van der Waals surface area (Å²) in [5.41, 5.74) is 1.35. The Bertz CT molecular complexity index is 344. The molecule has 0 bridgehead atoms. The molecule has 0 saturated heterocycles. The van der Waals surface area contributed by atoms with Gasteiger partial charge in [-0.05, 0) is 6.92 Å². The SMILES string of the molecule is C#CCC(=O)c1cn(C)nc1C. The van der Waals surface area contributed by atoms with Gasteiger partial charge in [-0.15, -0.1) is 6.42 Å². The molecule has 12 heavy (non-hydrogen) atoms. The highest BCUT2D eigenvalue weighted by Crippen LogP contribution is 2.06. The molecule has 0 aliphatic heterocycles. The first-order valence-corrected chi connectivity index (χ1v) is 3.62. The van der Waals surface area contributed by atoms with Crippen LogP contribution in [0.3, 0.4) is 0 Å². The van der Waals surface area contributed by atoms with Crippen LogP contribution in [0.2, 0.25) is 0 Å². The monoisotopic (exact) mass is 162 g/mol. The van der Waals surface area contributed by atoms with Crippen molar-refractivity contribution >= 4 is 5.78 Å². The first-order chi connectivity index (χ1) is 5.65. The van der Waals surface area contributed by atoms with Crippen molar-refractivity contribution in [1.82, 2.24) is 9.78 Å². The van der Waals surface area contributed by atoms with Crippen LogP contribution in [0, 0.1) is 19.3 Å². The summed E-state index contributed by atoms with van der Waals surface area (Å²) in [5.74, 6) is 2.28. The number of hydrogen-bond donors (Lipinski definition) is 0. The molecule has 0 amide bonds. The number of carbonyl (C=O) groups excluding carboxylic acids is 1. The number of carbonyl (C=O) groups is 1. The molecular weight excluding hydrogens is 152 g/mol. The van der Waals surface area contributed by atoms with Gasteiger partial charge in [-0.25, -0.2) is 0 Å². The smallest absolute Gasteiger partial charge is 0.178 e. The predicted molar refractivity (Wildman–Crippen MR) is 45.7 cm³/mol. The van der Waals surface area contributed by atoms with Gasteiger partial charge in [-0.2, -0.15) is 5.10 Å². The number of aryl methyl sites for hydroxylation is 2. The van der Waals surface area contributed by atoms with E-state index in [1.54, 1.807) is 24.9 Å². The number of ketones is 1. The van der Waals surface area contributed by atoms with Crippen molar-refractivity contribution in [3.8, 4) is 12.3 Å². The Morgan fingerprint density at radius 3 is 2.92 bits per heavy atom. The molecule has 0 aromatic carbocycles. The molecule has 0 saturated carbocycles. The fraction of sp³-hybridized carbons (Fsp3) is 0.333. The summed E-state index contributed by atoms with van der Waals surface area (Å²) in [5, 5.41) is 4.04. The highest BCUT2D eigenvalue weighted by Gasteiger charge is 2.10. The lowest BCUT2D eigenvalue weighted by molar-refractivity contribution is 0.0997. The van der Waals surface area contributed by atoms with Crippen molar-refractivity contribution in [2.75, 3.05) is 0 Å². The Morgan fingerprint density at radius 1 is 1.83 bits per heavy atom. The van der Waals surface area contributed by atoms with Crippen LogP contribution < -0.4 is 0 Å². The first-order valence-electron chi connectivity index (χ1n) is 3.62. The number of rotatable bonds is 2. The lowest BCUT2D eigenvalue weighted by Crippen LogP contribution is -1.97. The summed E-state index contributed by atoms with van der Waals surface area (Å²) < 4.78 is 1.61. The van der Waals surface area contributed by atoms with Crippen molar-refractivity contribution in [3.05, 3.63) is 17.5 Å².